The normalized spacial score (nSPS) is 10.8. The molecule has 0 aromatic heterocycles. The van der Waals surface area contributed by atoms with Gasteiger partial charge in [0.1, 0.15) is 0 Å². The molecule has 15 heavy (non-hydrogen) atoms. The molecular formula is C11H7F3O. The summed E-state index contributed by atoms with van der Waals surface area (Å²) in [6, 6.07) is 4.56. The van der Waals surface area contributed by atoms with Crippen LogP contribution in [-0.4, -0.2) is 5.78 Å². The predicted octanol–water partition coefficient (Wildman–Crippen LogP) is 2.45. The van der Waals surface area contributed by atoms with E-state index in [1.165, 1.54) is 12.1 Å². The van der Waals surface area contributed by atoms with E-state index in [0.29, 0.717) is 0 Å². The van der Waals surface area contributed by atoms with Gasteiger partial charge in [-0.1, -0.05) is 18.2 Å². The van der Waals surface area contributed by atoms with Crippen molar-refractivity contribution in [3.63, 3.8) is 0 Å². The van der Waals surface area contributed by atoms with E-state index in [9.17, 15) is 18.0 Å². The van der Waals surface area contributed by atoms with Gasteiger partial charge in [0.05, 0.1) is 5.56 Å². The van der Waals surface area contributed by atoms with Crippen molar-refractivity contribution in [2.24, 2.45) is 0 Å². The first-order valence-corrected chi connectivity index (χ1v) is 4.09. The van der Waals surface area contributed by atoms with E-state index in [4.69, 9.17) is 6.42 Å². The Kier molecular flexibility index (Phi) is 3.15. The van der Waals surface area contributed by atoms with E-state index in [1.807, 2.05) is 5.92 Å². The quantitative estimate of drug-likeness (QED) is 0.543. The fourth-order valence-corrected chi connectivity index (χ4v) is 1.09. The third-order valence-electron chi connectivity index (χ3n) is 1.78. The standard InChI is InChI=1S/C11H7F3O/c1-2-10(15)7-8-4-3-5-9(6-8)11(12,13)14/h1,3-6H,7H2. The molecule has 0 aliphatic rings. The number of Topliss-reactive ketones (excluding diaryl/α,β-unsaturated/α-hetero) is 1. The zero-order chi connectivity index (χ0) is 11.5. The van der Waals surface area contributed by atoms with Gasteiger partial charge in [-0.05, 0) is 17.6 Å². The van der Waals surface area contributed by atoms with Crippen LogP contribution in [-0.2, 0) is 17.4 Å². The number of rotatable bonds is 2. The van der Waals surface area contributed by atoms with Crippen molar-refractivity contribution in [2.75, 3.05) is 0 Å². The van der Waals surface area contributed by atoms with E-state index in [0.717, 1.165) is 12.1 Å². The second-order valence-electron chi connectivity index (χ2n) is 2.94. The molecule has 0 atom stereocenters. The maximum absolute atomic E-state index is 12.3. The van der Waals surface area contributed by atoms with Crippen LogP contribution in [0.3, 0.4) is 0 Å². The summed E-state index contributed by atoms with van der Waals surface area (Å²) in [5.74, 6) is 1.32. The van der Waals surface area contributed by atoms with Gasteiger partial charge in [0, 0.05) is 6.42 Å². The summed E-state index contributed by atoms with van der Waals surface area (Å²) in [5.41, 5.74) is -0.502. The number of halogens is 3. The van der Waals surface area contributed by atoms with Crippen molar-refractivity contribution in [1.82, 2.24) is 0 Å². The lowest BCUT2D eigenvalue weighted by Gasteiger charge is -2.07. The highest BCUT2D eigenvalue weighted by Crippen LogP contribution is 2.29. The van der Waals surface area contributed by atoms with Crippen LogP contribution in [0.1, 0.15) is 11.1 Å². The molecule has 0 radical (unpaired) electrons. The van der Waals surface area contributed by atoms with E-state index >= 15 is 0 Å². The van der Waals surface area contributed by atoms with Crippen molar-refractivity contribution < 1.29 is 18.0 Å². The topological polar surface area (TPSA) is 17.1 Å². The monoisotopic (exact) mass is 212 g/mol. The lowest BCUT2D eigenvalue weighted by molar-refractivity contribution is -0.137. The van der Waals surface area contributed by atoms with Crippen LogP contribution in [0.15, 0.2) is 24.3 Å². The molecule has 0 spiro atoms. The highest BCUT2D eigenvalue weighted by molar-refractivity contribution is 5.96. The number of alkyl halides is 3. The number of hydrogen-bond donors (Lipinski definition) is 0. The minimum Gasteiger partial charge on any atom is -0.285 e. The lowest BCUT2D eigenvalue weighted by atomic mass is 10.1. The molecular weight excluding hydrogens is 205 g/mol. The van der Waals surface area contributed by atoms with Crippen LogP contribution < -0.4 is 0 Å². The molecule has 0 saturated heterocycles. The van der Waals surface area contributed by atoms with E-state index in [-0.39, 0.29) is 12.0 Å². The highest BCUT2D eigenvalue weighted by Gasteiger charge is 2.30. The Morgan fingerprint density at radius 2 is 2.07 bits per heavy atom. The lowest BCUT2D eigenvalue weighted by Crippen LogP contribution is -2.06. The fraction of sp³-hybridized carbons (Fsp3) is 0.182. The summed E-state index contributed by atoms with van der Waals surface area (Å²) < 4.78 is 36.8. The molecule has 0 saturated carbocycles. The van der Waals surface area contributed by atoms with Crippen molar-refractivity contribution in [1.29, 1.82) is 0 Å². The number of benzene rings is 1. The van der Waals surface area contributed by atoms with E-state index in [1.54, 1.807) is 0 Å². The van der Waals surface area contributed by atoms with Crippen molar-refractivity contribution >= 4 is 5.78 Å². The molecule has 0 heterocycles. The van der Waals surface area contributed by atoms with Gasteiger partial charge < -0.3 is 0 Å². The first-order chi connectivity index (χ1) is 6.93. The van der Waals surface area contributed by atoms with Crippen LogP contribution in [0.25, 0.3) is 0 Å². The Balaban J connectivity index is 2.94. The Labute approximate surface area is 84.9 Å². The molecule has 0 fully saturated rings. The molecule has 1 nitrogen and oxygen atoms in total. The van der Waals surface area contributed by atoms with Crippen molar-refractivity contribution in [2.45, 2.75) is 12.6 Å². The van der Waals surface area contributed by atoms with Gasteiger partial charge in [0.2, 0.25) is 5.78 Å². The Morgan fingerprint density at radius 3 is 2.60 bits per heavy atom. The molecule has 1 rings (SSSR count). The minimum absolute atomic E-state index is 0.166. The van der Waals surface area contributed by atoms with Gasteiger partial charge in [0.25, 0.3) is 0 Å². The first kappa shape index (κ1) is 11.3. The smallest absolute Gasteiger partial charge is 0.285 e. The van der Waals surface area contributed by atoms with Gasteiger partial charge in [-0.25, -0.2) is 0 Å². The SMILES string of the molecule is C#CC(=O)Cc1cccc(C(F)(F)F)c1. The van der Waals surface area contributed by atoms with Gasteiger partial charge in [0.15, 0.2) is 0 Å². The molecule has 0 N–H and O–H groups in total. The Bertz CT molecular complexity index is 413. The molecule has 1 aromatic rings. The summed E-state index contributed by atoms with van der Waals surface area (Å²) in [7, 11) is 0. The van der Waals surface area contributed by atoms with Crippen molar-refractivity contribution in [3.8, 4) is 12.3 Å². The van der Waals surface area contributed by atoms with Crippen LogP contribution in [0.4, 0.5) is 13.2 Å². The third kappa shape index (κ3) is 3.13. The second kappa shape index (κ2) is 4.18. The van der Waals surface area contributed by atoms with Crippen LogP contribution in [0.2, 0.25) is 0 Å². The molecule has 78 valence electrons. The molecule has 0 amide bonds. The van der Waals surface area contributed by atoms with E-state index < -0.39 is 17.5 Å². The van der Waals surface area contributed by atoms with Gasteiger partial charge in [-0.2, -0.15) is 13.2 Å². The van der Waals surface area contributed by atoms with E-state index in [2.05, 4.69) is 0 Å². The molecule has 4 heteroatoms. The zero-order valence-corrected chi connectivity index (χ0v) is 7.64. The highest BCUT2D eigenvalue weighted by atomic mass is 19.4. The molecule has 0 aliphatic heterocycles. The van der Waals surface area contributed by atoms with Crippen LogP contribution in [0.5, 0.6) is 0 Å². The number of carbonyl (C=O) groups is 1. The molecule has 1 aromatic carbocycles. The number of ketones is 1. The van der Waals surface area contributed by atoms with Crippen LogP contribution >= 0.6 is 0 Å². The minimum atomic E-state index is -4.39. The average Bonchev–Trinajstić information content (AvgIpc) is 2.17. The summed E-state index contributed by atoms with van der Waals surface area (Å²) in [6.07, 6.45) is 0.262. The zero-order valence-electron chi connectivity index (χ0n) is 7.64. The first-order valence-electron chi connectivity index (χ1n) is 4.09. The number of carbonyl (C=O) groups excluding carboxylic acids is 1. The summed E-state index contributed by atoms with van der Waals surface area (Å²) in [6.45, 7) is 0. The maximum atomic E-state index is 12.3. The predicted molar refractivity (Wildman–Crippen MR) is 49.0 cm³/mol. The Hall–Kier alpha value is -1.76. The van der Waals surface area contributed by atoms with Crippen molar-refractivity contribution in [3.05, 3.63) is 35.4 Å². The maximum Gasteiger partial charge on any atom is 0.416 e. The average molecular weight is 212 g/mol. The largest absolute Gasteiger partial charge is 0.416 e. The Morgan fingerprint density at radius 1 is 1.40 bits per heavy atom. The van der Waals surface area contributed by atoms with Gasteiger partial charge in [-0.3, -0.25) is 4.79 Å². The molecule has 0 bridgehead atoms. The summed E-state index contributed by atoms with van der Waals surface area (Å²) in [5, 5.41) is 0. The van der Waals surface area contributed by atoms with Gasteiger partial charge in [-0.15, -0.1) is 6.42 Å². The summed E-state index contributed by atoms with van der Waals surface area (Å²) in [4.78, 5) is 10.8. The second-order valence-corrected chi connectivity index (χ2v) is 2.94. The van der Waals surface area contributed by atoms with Gasteiger partial charge >= 0.3 is 6.18 Å². The molecule has 0 unspecified atom stereocenters. The number of terminal acetylenes is 1. The fourth-order valence-electron chi connectivity index (χ4n) is 1.09. The summed E-state index contributed by atoms with van der Waals surface area (Å²) >= 11 is 0. The third-order valence-corrected chi connectivity index (χ3v) is 1.78. The molecule has 0 aliphatic carbocycles. The van der Waals surface area contributed by atoms with Crippen LogP contribution in [0, 0.1) is 12.3 Å². The number of hydrogen-bond acceptors (Lipinski definition) is 1.